The molecule has 0 bridgehead atoms. The van der Waals surface area contributed by atoms with Gasteiger partial charge in [0.2, 0.25) is 0 Å². The van der Waals surface area contributed by atoms with Gasteiger partial charge in [-0.25, -0.2) is 4.79 Å². The summed E-state index contributed by atoms with van der Waals surface area (Å²) in [6, 6.07) is 0. The fraction of sp³-hybridized carbons (Fsp3) is 0.455. The van der Waals surface area contributed by atoms with Crippen molar-refractivity contribution in [1.29, 1.82) is 0 Å². The van der Waals surface area contributed by atoms with Gasteiger partial charge in [-0.3, -0.25) is 4.98 Å². The van der Waals surface area contributed by atoms with E-state index < -0.39 is 12.1 Å². The van der Waals surface area contributed by atoms with E-state index in [2.05, 4.69) is 9.72 Å². The molecular formula is C11H13NO3. The molecule has 0 saturated heterocycles. The molecule has 1 aromatic rings. The number of hydrogen-bond acceptors (Lipinski definition) is 4. The van der Waals surface area contributed by atoms with Gasteiger partial charge in [-0.1, -0.05) is 6.92 Å². The Hall–Kier alpha value is -1.42. The summed E-state index contributed by atoms with van der Waals surface area (Å²) < 4.78 is 4.66. The molecule has 2 atom stereocenters. The van der Waals surface area contributed by atoms with Gasteiger partial charge in [0, 0.05) is 18.0 Å². The minimum Gasteiger partial charge on any atom is -0.465 e. The van der Waals surface area contributed by atoms with Crippen molar-refractivity contribution in [1.82, 2.24) is 4.98 Å². The monoisotopic (exact) mass is 207 g/mol. The second-order valence-corrected chi connectivity index (χ2v) is 3.83. The molecule has 1 N–H and O–H groups in total. The van der Waals surface area contributed by atoms with E-state index >= 15 is 0 Å². The van der Waals surface area contributed by atoms with E-state index in [-0.39, 0.29) is 5.92 Å². The first-order valence-electron chi connectivity index (χ1n) is 4.89. The Morgan fingerprint density at radius 2 is 2.33 bits per heavy atom. The number of nitrogens with zero attached hydrogens (tertiary/aromatic N) is 1. The van der Waals surface area contributed by atoms with Crippen LogP contribution in [0.4, 0.5) is 0 Å². The molecule has 4 heteroatoms. The lowest BCUT2D eigenvalue weighted by Gasteiger charge is -2.08. The first-order chi connectivity index (χ1) is 7.15. The fourth-order valence-corrected chi connectivity index (χ4v) is 2.10. The van der Waals surface area contributed by atoms with Crippen LogP contribution in [-0.2, 0) is 4.74 Å². The van der Waals surface area contributed by atoms with Gasteiger partial charge in [-0.15, -0.1) is 0 Å². The maximum atomic E-state index is 11.5. The standard InChI is InChI=1S/C11H13NO3/c1-6-3-9(13)10-7(6)4-12-5-8(10)11(14)15-2/h4-6,9,13H,3H2,1-2H3/t6-,9-/m1/s1. The van der Waals surface area contributed by atoms with Crippen molar-refractivity contribution in [3.05, 3.63) is 29.1 Å². The molecule has 0 amide bonds. The van der Waals surface area contributed by atoms with Crippen molar-refractivity contribution >= 4 is 5.97 Å². The third kappa shape index (κ3) is 1.51. The molecule has 0 aliphatic heterocycles. The Morgan fingerprint density at radius 3 is 3.00 bits per heavy atom. The first-order valence-corrected chi connectivity index (χ1v) is 4.89. The smallest absolute Gasteiger partial charge is 0.339 e. The summed E-state index contributed by atoms with van der Waals surface area (Å²) in [5.41, 5.74) is 2.02. The number of carbonyl (C=O) groups is 1. The summed E-state index contributed by atoms with van der Waals surface area (Å²) in [4.78, 5) is 15.5. The van der Waals surface area contributed by atoms with Crippen LogP contribution < -0.4 is 0 Å². The summed E-state index contributed by atoms with van der Waals surface area (Å²) in [5, 5.41) is 9.84. The maximum Gasteiger partial charge on any atom is 0.339 e. The predicted octanol–water partition coefficient (Wildman–Crippen LogP) is 1.41. The van der Waals surface area contributed by atoms with Crippen LogP contribution in [0.3, 0.4) is 0 Å². The van der Waals surface area contributed by atoms with Crippen LogP contribution in [0.5, 0.6) is 0 Å². The molecule has 0 aromatic carbocycles. The van der Waals surface area contributed by atoms with Gasteiger partial charge in [-0.05, 0) is 17.9 Å². The normalized spacial score (nSPS) is 23.7. The lowest BCUT2D eigenvalue weighted by atomic mass is 10.0. The SMILES string of the molecule is COC(=O)c1cncc2c1[C@H](O)C[C@H]2C. The molecule has 0 spiro atoms. The van der Waals surface area contributed by atoms with Gasteiger partial charge in [0.1, 0.15) is 0 Å². The number of pyridine rings is 1. The Morgan fingerprint density at radius 1 is 1.60 bits per heavy atom. The number of fused-ring (bicyclic) bond motifs is 1. The first kappa shape index (κ1) is 10.1. The lowest BCUT2D eigenvalue weighted by Crippen LogP contribution is -2.08. The predicted molar refractivity (Wildman–Crippen MR) is 53.6 cm³/mol. The quantitative estimate of drug-likeness (QED) is 0.707. The second kappa shape index (κ2) is 3.62. The summed E-state index contributed by atoms with van der Waals surface area (Å²) >= 11 is 0. The largest absolute Gasteiger partial charge is 0.465 e. The Kier molecular flexibility index (Phi) is 2.44. The van der Waals surface area contributed by atoms with Crippen molar-refractivity contribution in [3.8, 4) is 0 Å². The van der Waals surface area contributed by atoms with E-state index in [0.29, 0.717) is 17.5 Å². The van der Waals surface area contributed by atoms with E-state index in [1.807, 2.05) is 6.92 Å². The molecule has 0 fully saturated rings. The van der Waals surface area contributed by atoms with Crippen molar-refractivity contribution in [3.63, 3.8) is 0 Å². The summed E-state index contributed by atoms with van der Waals surface area (Å²) in [6.07, 6.45) is 3.23. The number of aliphatic hydroxyl groups is 1. The zero-order chi connectivity index (χ0) is 11.0. The van der Waals surface area contributed by atoms with Gasteiger partial charge in [0.25, 0.3) is 0 Å². The highest BCUT2D eigenvalue weighted by molar-refractivity contribution is 5.91. The third-order valence-corrected chi connectivity index (χ3v) is 2.86. The summed E-state index contributed by atoms with van der Waals surface area (Å²) in [5.74, 6) is -0.195. The number of methoxy groups -OCH3 is 1. The van der Waals surface area contributed by atoms with E-state index in [1.54, 1.807) is 6.20 Å². The number of ether oxygens (including phenoxy) is 1. The van der Waals surface area contributed by atoms with Crippen molar-refractivity contribution in [2.24, 2.45) is 0 Å². The molecule has 0 radical (unpaired) electrons. The Labute approximate surface area is 87.9 Å². The van der Waals surface area contributed by atoms with Gasteiger partial charge in [-0.2, -0.15) is 0 Å². The second-order valence-electron chi connectivity index (χ2n) is 3.83. The van der Waals surface area contributed by atoms with Gasteiger partial charge < -0.3 is 9.84 Å². The molecule has 15 heavy (non-hydrogen) atoms. The summed E-state index contributed by atoms with van der Waals surface area (Å²) in [6.45, 7) is 2.01. The summed E-state index contributed by atoms with van der Waals surface area (Å²) in [7, 11) is 1.33. The molecule has 1 aliphatic carbocycles. The van der Waals surface area contributed by atoms with Crippen LogP contribution in [0.15, 0.2) is 12.4 Å². The molecular weight excluding hydrogens is 194 g/mol. The van der Waals surface area contributed by atoms with Gasteiger partial charge >= 0.3 is 5.97 Å². The number of aromatic nitrogens is 1. The van der Waals surface area contributed by atoms with Gasteiger partial charge in [0.15, 0.2) is 0 Å². The highest BCUT2D eigenvalue weighted by Gasteiger charge is 2.31. The number of carbonyl (C=O) groups excluding carboxylic acids is 1. The zero-order valence-corrected chi connectivity index (χ0v) is 8.73. The van der Waals surface area contributed by atoms with E-state index in [9.17, 15) is 9.90 Å². The van der Waals surface area contributed by atoms with Crippen molar-refractivity contribution < 1.29 is 14.6 Å². The zero-order valence-electron chi connectivity index (χ0n) is 8.73. The fourth-order valence-electron chi connectivity index (χ4n) is 2.10. The molecule has 0 unspecified atom stereocenters. The number of hydrogen-bond donors (Lipinski definition) is 1. The third-order valence-electron chi connectivity index (χ3n) is 2.86. The van der Waals surface area contributed by atoms with Crippen LogP contribution >= 0.6 is 0 Å². The minimum absolute atomic E-state index is 0.243. The van der Waals surface area contributed by atoms with E-state index in [4.69, 9.17) is 0 Å². The van der Waals surface area contributed by atoms with Gasteiger partial charge in [0.05, 0.1) is 18.8 Å². The minimum atomic E-state index is -0.577. The van der Waals surface area contributed by atoms with Crippen LogP contribution in [0.1, 0.15) is 46.9 Å². The highest BCUT2D eigenvalue weighted by atomic mass is 16.5. The van der Waals surface area contributed by atoms with Crippen LogP contribution in [-0.4, -0.2) is 23.2 Å². The average Bonchev–Trinajstić information content (AvgIpc) is 2.54. The molecule has 4 nitrogen and oxygen atoms in total. The molecule has 1 aromatic heterocycles. The Bertz CT molecular complexity index is 403. The number of esters is 1. The van der Waals surface area contributed by atoms with Crippen LogP contribution in [0.25, 0.3) is 0 Å². The Balaban J connectivity index is 2.55. The van der Waals surface area contributed by atoms with Crippen LogP contribution in [0.2, 0.25) is 0 Å². The number of aliphatic hydroxyl groups excluding tert-OH is 1. The van der Waals surface area contributed by atoms with Crippen molar-refractivity contribution in [2.75, 3.05) is 7.11 Å². The number of rotatable bonds is 1. The maximum absolute atomic E-state index is 11.5. The van der Waals surface area contributed by atoms with Crippen LogP contribution in [0, 0.1) is 0 Å². The molecule has 1 heterocycles. The molecule has 2 rings (SSSR count). The average molecular weight is 207 g/mol. The lowest BCUT2D eigenvalue weighted by molar-refractivity contribution is 0.0593. The molecule has 0 saturated carbocycles. The highest BCUT2D eigenvalue weighted by Crippen LogP contribution is 2.41. The van der Waals surface area contributed by atoms with Crippen molar-refractivity contribution in [2.45, 2.75) is 25.4 Å². The topological polar surface area (TPSA) is 59.4 Å². The van der Waals surface area contributed by atoms with E-state index in [1.165, 1.54) is 13.3 Å². The molecule has 80 valence electrons. The van der Waals surface area contributed by atoms with E-state index in [0.717, 1.165) is 5.56 Å². The molecule has 1 aliphatic rings.